The standard InChI is InChI=1S/C10H19ClN4O2S/c1-8-9(10(11)15(2)14-8)7-12-5-4-6-13-18(3,16)17/h12-13H,4-7H2,1-3H3. The largest absolute Gasteiger partial charge is 0.312 e. The summed E-state index contributed by atoms with van der Waals surface area (Å²) in [5, 5.41) is 8.05. The van der Waals surface area contributed by atoms with Crippen LogP contribution in [0.2, 0.25) is 5.15 Å². The molecule has 0 spiro atoms. The van der Waals surface area contributed by atoms with Crippen LogP contribution in [0, 0.1) is 6.92 Å². The first kappa shape index (κ1) is 15.4. The van der Waals surface area contributed by atoms with Crippen molar-refractivity contribution in [3.05, 3.63) is 16.4 Å². The van der Waals surface area contributed by atoms with Gasteiger partial charge < -0.3 is 5.32 Å². The molecular weight excluding hydrogens is 276 g/mol. The summed E-state index contributed by atoms with van der Waals surface area (Å²) in [6.07, 6.45) is 1.88. The van der Waals surface area contributed by atoms with Crippen LogP contribution in [0.4, 0.5) is 0 Å². The van der Waals surface area contributed by atoms with Crippen molar-refractivity contribution in [2.24, 2.45) is 7.05 Å². The van der Waals surface area contributed by atoms with Gasteiger partial charge in [-0.15, -0.1) is 0 Å². The summed E-state index contributed by atoms with van der Waals surface area (Å²) in [7, 11) is -1.29. The molecule has 6 nitrogen and oxygen atoms in total. The van der Waals surface area contributed by atoms with Gasteiger partial charge in [-0.1, -0.05) is 11.6 Å². The van der Waals surface area contributed by atoms with Crippen molar-refractivity contribution in [3.8, 4) is 0 Å². The van der Waals surface area contributed by atoms with E-state index >= 15 is 0 Å². The van der Waals surface area contributed by atoms with Crippen LogP contribution in [0.15, 0.2) is 0 Å². The van der Waals surface area contributed by atoms with Gasteiger partial charge in [0.2, 0.25) is 10.0 Å². The van der Waals surface area contributed by atoms with E-state index in [0.717, 1.165) is 23.9 Å². The maximum absolute atomic E-state index is 10.8. The van der Waals surface area contributed by atoms with Crippen molar-refractivity contribution in [2.45, 2.75) is 19.9 Å². The van der Waals surface area contributed by atoms with E-state index in [1.54, 1.807) is 11.7 Å². The molecule has 0 saturated heterocycles. The molecular formula is C10H19ClN4O2S. The zero-order valence-electron chi connectivity index (χ0n) is 10.8. The third-order valence-electron chi connectivity index (χ3n) is 2.47. The van der Waals surface area contributed by atoms with Crippen molar-refractivity contribution in [3.63, 3.8) is 0 Å². The normalized spacial score (nSPS) is 12.0. The highest BCUT2D eigenvalue weighted by Gasteiger charge is 2.09. The molecule has 0 aliphatic rings. The summed E-state index contributed by atoms with van der Waals surface area (Å²) in [5.74, 6) is 0. The fourth-order valence-electron chi connectivity index (χ4n) is 1.56. The number of nitrogens with zero attached hydrogens (tertiary/aromatic N) is 2. The predicted molar refractivity (Wildman–Crippen MR) is 72.1 cm³/mol. The van der Waals surface area contributed by atoms with Crippen LogP contribution >= 0.6 is 11.6 Å². The van der Waals surface area contributed by atoms with Crippen LogP contribution in [-0.4, -0.2) is 37.5 Å². The number of hydrogen-bond donors (Lipinski definition) is 2. The molecule has 8 heteroatoms. The first-order valence-corrected chi connectivity index (χ1v) is 7.91. The van der Waals surface area contributed by atoms with Crippen molar-refractivity contribution >= 4 is 21.6 Å². The number of aromatic nitrogens is 2. The summed E-state index contributed by atoms with van der Waals surface area (Å²) in [6.45, 7) is 3.70. The van der Waals surface area contributed by atoms with E-state index in [9.17, 15) is 8.42 Å². The van der Waals surface area contributed by atoms with Crippen LogP contribution < -0.4 is 10.0 Å². The second kappa shape index (κ2) is 6.51. The van der Waals surface area contributed by atoms with Gasteiger partial charge in [-0.2, -0.15) is 5.10 Å². The molecule has 1 rings (SSSR count). The maximum atomic E-state index is 10.8. The zero-order chi connectivity index (χ0) is 13.8. The monoisotopic (exact) mass is 294 g/mol. The molecule has 0 unspecified atom stereocenters. The molecule has 0 aliphatic heterocycles. The van der Waals surface area contributed by atoms with Crippen molar-refractivity contribution in [2.75, 3.05) is 19.3 Å². The van der Waals surface area contributed by atoms with Gasteiger partial charge in [0.25, 0.3) is 0 Å². The molecule has 0 radical (unpaired) electrons. The molecule has 1 heterocycles. The average Bonchev–Trinajstić information content (AvgIpc) is 2.47. The summed E-state index contributed by atoms with van der Waals surface area (Å²) in [5.41, 5.74) is 1.89. The number of halogens is 1. The summed E-state index contributed by atoms with van der Waals surface area (Å²) in [4.78, 5) is 0. The molecule has 1 aromatic heterocycles. The van der Waals surface area contributed by atoms with Crippen molar-refractivity contribution < 1.29 is 8.42 Å². The summed E-state index contributed by atoms with van der Waals surface area (Å²) < 4.78 is 25.7. The molecule has 104 valence electrons. The average molecular weight is 295 g/mol. The van der Waals surface area contributed by atoms with Gasteiger partial charge in [-0.3, -0.25) is 4.68 Å². The van der Waals surface area contributed by atoms with E-state index in [1.165, 1.54) is 0 Å². The second-order valence-electron chi connectivity index (χ2n) is 4.18. The molecule has 2 N–H and O–H groups in total. The predicted octanol–water partition coefficient (Wildman–Crippen LogP) is 0.411. The quantitative estimate of drug-likeness (QED) is 0.714. The molecule has 0 aromatic carbocycles. The number of sulfonamides is 1. The van der Waals surface area contributed by atoms with Gasteiger partial charge >= 0.3 is 0 Å². The van der Waals surface area contributed by atoms with E-state index in [4.69, 9.17) is 11.6 Å². The van der Waals surface area contributed by atoms with Gasteiger partial charge in [0.15, 0.2) is 0 Å². The van der Waals surface area contributed by atoms with E-state index in [2.05, 4.69) is 15.1 Å². The van der Waals surface area contributed by atoms with Crippen molar-refractivity contribution in [1.82, 2.24) is 19.8 Å². The lowest BCUT2D eigenvalue weighted by atomic mass is 10.2. The molecule has 0 amide bonds. The van der Waals surface area contributed by atoms with Gasteiger partial charge in [0.05, 0.1) is 11.9 Å². The van der Waals surface area contributed by atoms with E-state index in [-0.39, 0.29) is 0 Å². The maximum Gasteiger partial charge on any atom is 0.208 e. The number of hydrogen-bond acceptors (Lipinski definition) is 4. The molecule has 0 atom stereocenters. The van der Waals surface area contributed by atoms with Gasteiger partial charge in [-0.25, -0.2) is 13.1 Å². The van der Waals surface area contributed by atoms with Crippen LogP contribution in [-0.2, 0) is 23.6 Å². The SMILES string of the molecule is Cc1nn(C)c(Cl)c1CNCCCNS(C)(=O)=O. The minimum atomic E-state index is -3.09. The van der Waals surface area contributed by atoms with Crippen LogP contribution in [0.5, 0.6) is 0 Å². The Bertz CT molecular complexity index is 498. The van der Waals surface area contributed by atoms with Crippen molar-refractivity contribution in [1.29, 1.82) is 0 Å². The smallest absolute Gasteiger partial charge is 0.208 e. The molecule has 0 bridgehead atoms. The fourth-order valence-corrected chi connectivity index (χ4v) is 2.32. The van der Waals surface area contributed by atoms with Gasteiger partial charge in [0, 0.05) is 25.7 Å². The minimum Gasteiger partial charge on any atom is -0.312 e. The van der Waals surface area contributed by atoms with Gasteiger partial charge in [0.1, 0.15) is 5.15 Å². The Hall–Kier alpha value is -0.630. The lowest BCUT2D eigenvalue weighted by molar-refractivity contribution is 0.579. The highest BCUT2D eigenvalue weighted by atomic mass is 35.5. The molecule has 0 aliphatic carbocycles. The first-order valence-electron chi connectivity index (χ1n) is 5.64. The Labute approximate surface area is 113 Å². The third kappa shape index (κ3) is 4.93. The van der Waals surface area contributed by atoms with Crippen LogP contribution in [0.25, 0.3) is 0 Å². The molecule has 18 heavy (non-hydrogen) atoms. The number of rotatable bonds is 7. The Morgan fingerprint density at radius 1 is 1.39 bits per heavy atom. The number of nitrogens with one attached hydrogen (secondary N) is 2. The summed E-state index contributed by atoms with van der Waals surface area (Å²) in [6, 6.07) is 0. The lowest BCUT2D eigenvalue weighted by Crippen LogP contribution is -2.26. The van der Waals surface area contributed by atoms with Crippen LogP contribution in [0.3, 0.4) is 0 Å². The summed E-state index contributed by atoms with van der Waals surface area (Å²) >= 11 is 6.08. The fraction of sp³-hybridized carbons (Fsp3) is 0.700. The Morgan fingerprint density at radius 3 is 2.56 bits per heavy atom. The molecule has 0 saturated carbocycles. The van der Waals surface area contributed by atoms with Crippen LogP contribution in [0.1, 0.15) is 17.7 Å². The van der Waals surface area contributed by atoms with E-state index in [0.29, 0.717) is 24.8 Å². The molecule has 1 aromatic rings. The highest BCUT2D eigenvalue weighted by molar-refractivity contribution is 7.88. The van der Waals surface area contributed by atoms with Gasteiger partial charge in [-0.05, 0) is 19.9 Å². The first-order chi connectivity index (χ1) is 8.31. The minimum absolute atomic E-state index is 0.436. The Kier molecular flexibility index (Phi) is 5.58. The highest BCUT2D eigenvalue weighted by Crippen LogP contribution is 2.17. The molecule has 0 fully saturated rings. The van der Waals surface area contributed by atoms with E-state index < -0.39 is 10.0 Å². The van der Waals surface area contributed by atoms with E-state index in [1.807, 2.05) is 6.92 Å². The Morgan fingerprint density at radius 2 is 2.06 bits per heavy atom. The lowest BCUT2D eigenvalue weighted by Gasteiger charge is -2.05. The Balaban J connectivity index is 2.26. The topological polar surface area (TPSA) is 76.0 Å². The number of aryl methyl sites for hydroxylation is 2. The second-order valence-corrected chi connectivity index (χ2v) is 6.37. The third-order valence-corrected chi connectivity index (χ3v) is 3.67. The zero-order valence-corrected chi connectivity index (χ0v) is 12.4.